The zero-order chi connectivity index (χ0) is 39.6. The Morgan fingerprint density at radius 1 is 0.481 bits per heavy atom. The maximum atomic E-state index is 12.4. The normalized spacial score (nSPS) is 12.6. The molecular weight excluding hydrogens is 699 g/mol. The highest BCUT2D eigenvalue weighted by atomic mass is 31.2. The molecule has 0 amide bonds. The van der Waals surface area contributed by atoms with Gasteiger partial charge in [-0.3, -0.25) is 14.1 Å². The lowest BCUT2D eigenvalue weighted by molar-refractivity contribution is -0.161. The standard InChI is InChI=1S/C45H85O8P/c1-3-5-7-9-11-13-15-17-19-20-21-22-23-24-26-28-30-32-34-36-38-40-45(47)53-43(42-52-54(48,49)50)41-51-44(46)39-37-35-33-31-29-27-25-18-16-14-12-10-8-6-4-2/h14,16,18,25,43H,3-13,15,17,19-24,26-42H2,1-2H3,(H2,48,49,50)/b16-14+,25-18+/t43-/m1/s1. The molecule has 0 aromatic carbocycles. The quantitative estimate of drug-likeness (QED) is 0.0272. The summed E-state index contributed by atoms with van der Waals surface area (Å²) in [5, 5.41) is 0. The third-order valence-electron chi connectivity index (χ3n) is 10.0. The fourth-order valence-electron chi connectivity index (χ4n) is 6.60. The minimum Gasteiger partial charge on any atom is -0.462 e. The minimum absolute atomic E-state index is 0.213. The lowest BCUT2D eigenvalue weighted by atomic mass is 10.0. The van der Waals surface area contributed by atoms with Crippen LogP contribution in [0.15, 0.2) is 24.3 Å². The maximum absolute atomic E-state index is 12.4. The molecule has 0 saturated heterocycles. The van der Waals surface area contributed by atoms with Gasteiger partial charge >= 0.3 is 19.8 Å². The first kappa shape index (κ1) is 52.5. The second kappa shape index (κ2) is 41.2. The second-order valence-electron chi connectivity index (χ2n) is 15.4. The molecule has 318 valence electrons. The van der Waals surface area contributed by atoms with E-state index in [0.717, 1.165) is 57.8 Å². The molecule has 0 fully saturated rings. The van der Waals surface area contributed by atoms with E-state index in [1.165, 1.54) is 135 Å². The first-order valence-corrected chi connectivity index (χ1v) is 24.2. The maximum Gasteiger partial charge on any atom is 0.469 e. The van der Waals surface area contributed by atoms with Gasteiger partial charge in [-0.2, -0.15) is 0 Å². The van der Waals surface area contributed by atoms with E-state index < -0.39 is 32.5 Å². The van der Waals surface area contributed by atoms with Gasteiger partial charge < -0.3 is 19.3 Å². The van der Waals surface area contributed by atoms with E-state index in [1.54, 1.807) is 0 Å². The van der Waals surface area contributed by atoms with Crippen LogP contribution in [0.3, 0.4) is 0 Å². The largest absolute Gasteiger partial charge is 0.469 e. The summed E-state index contributed by atoms with van der Waals surface area (Å²) >= 11 is 0. The van der Waals surface area contributed by atoms with Crippen molar-refractivity contribution in [2.24, 2.45) is 0 Å². The zero-order valence-corrected chi connectivity index (χ0v) is 36.0. The van der Waals surface area contributed by atoms with E-state index in [9.17, 15) is 14.2 Å². The summed E-state index contributed by atoms with van der Waals surface area (Å²) in [5.41, 5.74) is 0. The predicted octanol–water partition coefficient (Wildman–Crippen LogP) is 14.0. The first-order chi connectivity index (χ1) is 26.3. The molecule has 0 aliphatic heterocycles. The van der Waals surface area contributed by atoms with Crippen LogP contribution in [0.1, 0.15) is 232 Å². The second-order valence-corrected chi connectivity index (χ2v) is 16.7. The Morgan fingerprint density at radius 3 is 1.20 bits per heavy atom. The smallest absolute Gasteiger partial charge is 0.462 e. The van der Waals surface area contributed by atoms with Crippen LogP contribution in [0.2, 0.25) is 0 Å². The summed E-state index contributed by atoms with van der Waals surface area (Å²) < 4.78 is 26.4. The van der Waals surface area contributed by atoms with Gasteiger partial charge in [0.25, 0.3) is 0 Å². The van der Waals surface area contributed by atoms with Gasteiger partial charge in [0.05, 0.1) is 6.61 Å². The molecule has 0 radical (unpaired) electrons. The Labute approximate surface area is 332 Å². The Balaban J connectivity index is 3.85. The van der Waals surface area contributed by atoms with Gasteiger partial charge in [-0.1, -0.05) is 205 Å². The lowest BCUT2D eigenvalue weighted by Crippen LogP contribution is -2.29. The molecule has 0 aliphatic carbocycles. The molecule has 0 aliphatic rings. The van der Waals surface area contributed by atoms with Gasteiger partial charge in [0, 0.05) is 12.8 Å². The van der Waals surface area contributed by atoms with E-state index in [0.29, 0.717) is 12.8 Å². The van der Waals surface area contributed by atoms with E-state index in [-0.39, 0.29) is 19.4 Å². The Kier molecular flexibility index (Phi) is 40.1. The number of hydrogen-bond donors (Lipinski definition) is 2. The number of esters is 2. The Hall–Kier alpha value is -1.47. The van der Waals surface area contributed by atoms with Crippen LogP contribution in [-0.2, 0) is 28.2 Å². The van der Waals surface area contributed by atoms with Gasteiger partial charge in [0.1, 0.15) is 6.61 Å². The molecule has 0 saturated carbocycles. The van der Waals surface area contributed by atoms with Crippen LogP contribution in [0.5, 0.6) is 0 Å². The SMILES string of the molecule is CCCCCC/C=C/C=C/CCCCCCCC(=O)OC[C@H](COP(=O)(O)O)OC(=O)CCCCCCCCCCCCCCCCCCCCCCC. The molecule has 0 aromatic heterocycles. The molecule has 0 heterocycles. The van der Waals surface area contributed by atoms with Crippen molar-refractivity contribution in [3.63, 3.8) is 0 Å². The van der Waals surface area contributed by atoms with Crippen LogP contribution < -0.4 is 0 Å². The fourth-order valence-corrected chi connectivity index (χ4v) is 6.96. The Bertz CT molecular complexity index is 931. The molecule has 0 spiro atoms. The number of carbonyl (C=O) groups excluding carboxylic acids is 2. The van der Waals surface area contributed by atoms with Crippen molar-refractivity contribution in [3.05, 3.63) is 24.3 Å². The van der Waals surface area contributed by atoms with Gasteiger partial charge in [-0.25, -0.2) is 4.57 Å². The van der Waals surface area contributed by atoms with Crippen molar-refractivity contribution in [1.82, 2.24) is 0 Å². The van der Waals surface area contributed by atoms with Crippen molar-refractivity contribution < 1.29 is 37.9 Å². The van der Waals surface area contributed by atoms with Crippen LogP contribution in [0.25, 0.3) is 0 Å². The van der Waals surface area contributed by atoms with Crippen LogP contribution in [-0.4, -0.2) is 41.0 Å². The number of rotatable bonds is 42. The summed E-state index contributed by atoms with van der Waals surface area (Å²) in [5.74, 6) is -0.891. The average Bonchev–Trinajstić information content (AvgIpc) is 3.14. The number of hydrogen-bond acceptors (Lipinski definition) is 6. The highest BCUT2D eigenvalue weighted by Gasteiger charge is 2.23. The zero-order valence-electron chi connectivity index (χ0n) is 35.1. The third-order valence-corrected chi connectivity index (χ3v) is 10.5. The predicted molar refractivity (Wildman–Crippen MR) is 225 cm³/mol. The van der Waals surface area contributed by atoms with Gasteiger partial charge in [0.15, 0.2) is 6.10 Å². The van der Waals surface area contributed by atoms with E-state index >= 15 is 0 Å². The number of carbonyl (C=O) groups is 2. The molecule has 2 N–H and O–H groups in total. The van der Waals surface area contributed by atoms with E-state index in [4.69, 9.17) is 19.3 Å². The summed E-state index contributed by atoms with van der Waals surface area (Å²) in [6, 6.07) is 0. The minimum atomic E-state index is -4.76. The number of phosphoric acid groups is 1. The highest BCUT2D eigenvalue weighted by Crippen LogP contribution is 2.36. The number of phosphoric ester groups is 1. The lowest BCUT2D eigenvalue weighted by Gasteiger charge is -2.18. The Morgan fingerprint density at radius 2 is 0.815 bits per heavy atom. The van der Waals surface area contributed by atoms with Crippen LogP contribution in [0, 0.1) is 0 Å². The summed E-state index contributed by atoms with van der Waals surface area (Å²) in [6.07, 6.45) is 47.6. The van der Waals surface area contributed by atoms with Crippen molar-refractivity contribution in [3.8, 4) is 0 Å². The summed E-state index contributed by atoms with van der Waals surface area (Å²) in [4.78, 5) is 42.9. The monoisotopic (exact) mass is 785 g/mol. The molecule has 0 rings (SSSR count). The van der Waals surface area contributed by atoms with Crippen molar-refractivity contribution in [1.29, 1.82) is 0 Å². The van der Waals surface area contributed by atoms with E-state index in [1.807, 2.05) is 0 Å². The fraction of sp³-hybridized carbons (Fsp3) is 0.867. The van der Waals surface area contributed by atoms with Gasteiger partial charge in [0.2, 0.25) is 0 Å². The van der Waals surface area contributed by atoms with Crippen LogP contribution >= 0.6 is 7.82 Å². The van der Waals surface area contributed by atoms with Crippen molar-refractivity contribution >= 4 is 19.8 Å². The first-order valence-electron chi connectivity index (χ1n) is 22.6. The molecular formula is C45H85O8P. The number of unbranched alkanes of at least 4 members (excludes halogenated alkanes) is 29. The van der Waals surface area contributed by atoms with Crippen molar-refractivity contribution in [2.75, 3.05) is 13.2 Å². The van der Waals surface area contributed by atoms with Crippen molar-refractivity contribution in [2.45, 2.75) is 238 Å². The van der Waals surface area contributed by atoms with Gasteiger partial charge in [-0.15, -0.1) is 0 Å². The summed E-state index contributed by atoms with van der Waals surface area (Å²) in [6.45, 7) is 3.68. The highest BCUT2D eigenvalue weighted by molar-refractivity contribution is 7.46. The topological polar surface area (TPSA) is 119 Å². The molecule has 9 heteroatoms. The third kappa shape index (κ3) is 43.3. The number of allylic oxidation sites excluding steroid dienone is 4. The summed E-state index contributed by atoms with van der Waals surface area (Å²) in [7, 11) is -4.76. The number of ether oxygens (including phenoxy) is 2. The molecule has 0 unspecified atom stereocenters. The van der Waals surface area contributed by atoms with Crippen LogP contribution in [0.4, 0.5) is 0 Å². The molecule has 0 bridgehead atoms. The van der Waals surface area contributed by atoms with E-state index in [2.05, 4.69) is 42.7 Å². The van der Waals surface area contributed by atoms with Gasteiger partial charge in [-0.05, 0) is 38.5 Å². The molecule has 8 nitrogen and oxygen atoms in total. The average molecular weight is 785 g/mol. The molecule has 1 atom stereocenters. The molecule has 0 aromatic rings. The molecule has 54 heavy (non-hydrogen) atoms.